The number of benzene rings is 2. The highest BCUT2D eigenvalue weighted by atomic mass is 32.1. The van der Waals surface area contributed by atoms with Crippen LogP contribution in [0.1, 0.15) is 15.9 Å². The van der Waals surface area contributed by atoms with E-state index in [9.17, 15) is 14.9 Å². The molecule has 90 valence electrons. The maximum atomic E-state index is 12.0. The first kappa shape index (κ1) is 12.3. The summed E-state index contributed by atoms with van der Waals surface area (Å²) in [5, 5.41) is 10.5. The fraction of sp³-hybridized carbons (Fsp3) is 0. The number of non-ortho nitro benzene ring substituents is 1. The molecule has 0 spiro atoms. The number of nitro groups is 1. The Hall–Kier alpha value is -2.14. The van der Waals surface area contributed by atoms with Gasteiger partial charge in [0.15, 0.2) is 5.78 Å². The highest BCUT2D eigenvalue weighted by Gasteiger charge is 2.11. The molecule has 0 aromatic heterocycles. The Morgan fingerprint density at radius 3 is 1.83 bits per heavy atom. The fourth-order valence-corrected chi connectivity index (χ4v) is 1.66. The number of nitrogens with zero attached hydrogens (tertiary/aromatic N) is 1. The molecule has 4 nitrogen and oxygen atoms in total. The van der Waals surface area contributed by atoms with Gasteiger partial charge in [0.1, 0.15) is 0 Å². The molecule has 2 rings (SSSR count). The lowest BCUT2D eigenvalue weighted by atomic mass is 10.0. The molecule has 0 aliphatic heterocycles. The molecule has 0 heterocycles. The van der Waals surface area contributed by atoms with Crippen LogP contribution in [0.15, 0.2) is 53.4 Å². The van der Waals surface area contributed by atoms with E-state index in [-0.39, 0.29) is 11.5 Å². The van der Waals surface area contributed by atoms with E-state index in [0.29, 0.717) is 11.1 Å². The van der Waals surface area contributed by atoms with E-state index < -0.39 is 4.92 Å². The van der Waals surface area contributed by atoms with E-state index in [4.69, 9.17) is 0 Å². The number of carbonyl (C=O) groups is 1. The molecule has 0 unspecified atom stereocenters. The lowest BCUT2D eigenvalue weighted by molar-refractivity contribution is -0.384. The van der Waals surface area contributed by atoms with Gasteiger partial charge in [0.05, 0.1) is 4.92 Å². The Morgan fingerprint density at radius 1 is 0.944 bits per heavy atom. The molecule has 2 aromatic rings. The van der Waals surface area contributed by atoms with Gasteiger partial charge in [-0.3, -0.25) is 14.9 Å². The molecule has 0 aliphatic carbocycles. The number of nitro benzene ring substituents is 1. The second kappa shape index (κ2) is 5.01. The molecule has 0 bridgehead atoms. The molecular weight excluding hydrogens is 250 g/mol. The van der Waals surface area contributed by atoms with Crippen molar-refractivity contribution in [3.63, 3.8) is 0 Å². The molecule has 0 aliphatic rings. The summed E-state index contributed by atoms with van der Waals surface area (Å²) in [5.74, 6) is -0.168. The van der Waals surface area contributed by atoms with Gasteiger partial charge in [-0.15, -0.1) is 12.6 Å². The summed E-state index contributed by atoms with van der Waals surface area (Å²) in [7, 11) is 0. The zero-order valence-electron chi connectivity index (χ0n) is 9.24. The summed E-state index contributed by atoms with van der Waals surface area (Å²) in [5.41, 5.74) is 0.923. The number of rotatable bonds is 3. The number of carbonyl (C=O) groups excluding carboxylic acids is 1. The molecule has 0 amide bonds. The van der Waals surface area contributed by atoms with Gasteiger partial charge in [0, 0.05) is 28.2 Å². The third-order valence-electron chi connectivity index (χ3n) is 2.47. The summed E-state index contributed by atoms with van der Waals surface area (Å²) in [6.45, 7) is 0. The lowest BCUT2D eigenvalue weighted by Crippen LogP contribution is -2.01. The van der Waals surface area contributed by atoms with Gasteiger partial charge in [0.2, 0.25) is 0 Å². The van der Waals surface area contributed by atoms with Crippen LogP contribution >= 0.6 is 12.6 Å². The standard InChI is InChI=1S/C13H9NO3S/c15-13(10-3-7-12(18)8-4-10)9-1-5-11(6-2-9)14(16)17/h1-8,18H. The van der Waals surface area contributed by atoms with Crippen molar-refractivity contribution >= 4 is 24.1 Å². The molecule has 2 aromatic carbocycles. The van der Waals surface area contributed by atoms with E-state index in [1.54, 1.807) is 24.3 Å². The Bertz CT molecular complexity index is 591. The highest BCUT2D eigenvalue weighted by Crippen LogP contribution is 2.16. The van der Waals surface area contributed by atoms with Gasteiger partial charge in [-0.1, -0.05) is 0 Å². The second-order valence-electron chi connectivity index (χ2n) is 3.68. The minimum atomic E-state index is -0.496. The van der Waals surface area contributed by atoms with Crippen molar-refractivity contribution in [1.82, 2.24) is 0 Å². The Morgan fingerprint density at radius 2 is 1.39 bits per heavy atom. The molecule has 0 radical (unpaired) electrons. The van der Waals surface area contributed by atoms with Crippen LogP contribution in [0, 0.1) is 10.1 Å². The van der Waals surface area contributed by atoms with Gasteiger partial charge < -0.3 is 0 Å². The lowest BCUT2D eigenvalue weighted by Gasteiger charge is -2.01. The van der Waals surface area contributed by atoms with Crippen LogP contribution in [0.5, 0.6) is 0 Å². The summed E-state index contributed by atoms with van der Waals surface area (Å²) < 4.78 is 0. The SMILES string of the molecule is O=C(c1ccc(S)cc1)c1ccc([N+](=O)[O-])cc1. The van der Waals surface area contributed by atoms with Crippen LogP contribution in [0.25, 0.3) is 0 Å². The topological polar surface area (TPSA) is 60.2 Å². The Balaban J connectivity index is 2.28. The monoisotopic (exact) mass is 259 g/mol. The second-order valence-corrected chi connectivity index (χ2v) is 4.20. The predicted molar refractivity (Wildman–Crippen MR) is 70.2 cm³/mol. The van der Waals surface area contributed by atoms with Crippen LogP contribution in [0.4, 0.5) is 5.69 Å². The average molecular weight is 259 g/mol. The predicted octanol–water partition coefficient (Wildman–Crippen LogP) is 3.11. The number of hydrogen-bond donors (Lipinski definition) is 1. The molecule has 0 saturated carbocycles. The minimum absolute atomic E-state index is 0.0303. The number of ketones is 1. The molecule has 0 atom stereocenters. The van der Waals surface area contributed by atoms with Crippen LogP contribution < -0.4 is 0 Å². The van der Waals surface area contributed by atoms with Crippen molar-refractivity contribution in [2.24, 2.45) is 0 Å². The fourth-order valence-electron chi connectivity index (χ4n) is 1.51. The van der Waals surface area contributed by atoms with Gasteiger partial charge in [-0.2, -0.15) is 0 Å². The number of thiol groups is 1. The average Bonchev–Trinajstić information content (AvgIpc) is 2.39. The zero-order chi connectivity index (χ0) is 13.1. The molecular formula is C13H9NO3S. The first-order valence-electron chi connectivity index (χ1n) is 5.16. The quantitative estimate of drug-likeness (QED) is 0.399. The first-order chi connectivity index (χ1) is 8.58. The maximum Gasteiger partial charge on any atom is 0.269 e. The summed E-state index contributed by atoms with van der Waals surface area (Å²) in [6.07, 6.45) is 0. The minimum Gasteiger partial charge on any atom is -0.289 e. The van der Waals surface area contributed by atoms with Gasteiger partial charge >= 0.3 is 0 Å². The molecule has 0 fully saturated rings. The van der Waals surface area contributed by atoms with Crippen molar-refractivity contribution < 1.29 is 9.72 Å². The molecule has 5 heteroatoms. The molecule has 0 saturated heterocycles. The third-order valence-corrected chi connectivity index (χ3v) is 2.77. The smallest absolute Gasteiger partial charge is 0.269 e. The normalized spacial score (nSPS) is 10.1. The van der Waals surface area contributed by atoms with E-state index in [1.165, 1.54) is 24.3 Å². The Labute approximate surface area is 109 Å². The van der Waals surface area contributed by atoms with E-state index in [1.807, 2.05) is 0 Å². The van der Waals surface area contributed by atoms with E-state index in [2.05, 4.69) is 12.6 Å². The van der Waals surface area contributed by atoms with Crippen molar-refractivity contribution in [1.29, 1.82) is 0 Å². The first-order valence-corrected chi connectivity index (χ1v) is 5.61. The largest absolute Gasteiger partial charge is 0.289 e. The zero-order valence-corrected chi connectivity index (χ0v) is 10.1. The van der Waals surface area contributed by atoms with Gasteiger partial charge in [-0.25, -0.2) is 0 Å². The van der Waals surface area contributed by atoms with E-state index >= 15 is 0 Å². The van der Waals surface area contributed by atoms with Crippen LogP contribution in [-0.2, 0) is 0 Å². The van der Waals surface area contributed by atoms with Crippen molar-refractivity contribution in [2.75, 3.05) is 0 Å². The van der Waals surface area contributed by atoms with Crippen molar-refractivity contribution in [3.8, 4) is 0 Å². The van der Waals surface area contributed by atoms with Gasteiger partial charge in [0.25, 0.3) is 5.69 Å². The summed E-state index contributed by atoms with van der Waals surface area (Å²) in [4.78, 5) is 22.8. The van der Waals surface area contributed by atoms with E-state index in [0.717, 1.165) is 4.90 Å². The maximum absolute atomic E-state index is 12.0. The highest BCUT2D eigenvalue weighted by molar-refractivity contribution is 7.80. The van der Waals surface area contributed by atoms with Crippen LogP contribution in [0.2, 0.25) is 0 Å². The Kier molecular flexibility index (Phi) is 3.43. The molecule has 0 N–H and O–H groups in total. The van der Waals surface area contributed by atoms with Crippen molar-refractivity contribution in [3.05, 3.63) is 69.8 Å². The number of hydrogen-bond acceptors (Lipinski definition) is 4. The van der Waals surface area contributed by atoms with Crippen molar-refractivity contribution in [2.45, 2.75) is 4.90 Å². The summed E-state index contributed by atoms with van der Waals surface area (Å²) >= 11 is 4.14. The third kappa shape index (κ3) is 2.57. The van der Waals surface area contributed by atoms with Gasteiger partial charge in [-0.05, 0) is 36.4 Å². The van der Waals surface area contributed by atoms with Crippen LogP contribution in [0.3, 0.4) is 0 Å². The summed E-state index contributed by atoms with van der Waals surface area (Å²) in [6, 6.07) is 12.3. The molecule has 18 heavy (non-hydrogen) atoms. The van der Waals surface area contributed by atoms with Crippen LogP contribution in [-0.4, -0.2) is 10.7 Å².